The van der Waals surface area contributed by atoms with Gasteiger partial charge < -0.3 is 9.64 Å². The maximum atomic E-state index is 13.9. The molecule has 3 heterocycles. The number of halogens is 1. The molecule has 0 aliphatic carbocycles. The molecule has 3 atom stereocenters. The fourth-order valence-corrected chi connectivity index (χ4v) is 4.85. The SMILES string of the molecule is CCOC(=O)[C@@H]1C[C@]2(C(=O)N(C)c3ccc(F)cc32)N2CCC[C@@H]12. The highest BCUT2D eigenvalue weighted by molar-refractivity contribution is 6.08. The highest BCUT2D eigenvalue weighted by atomic mass is 19.1. The van der Waals surface area contributed by atoms with Crippen LogP contribution < -0.4 is 4.90 Å². The van der Waals surface area contributed by atoms with Gasteiger partial charge in [0, 0.05) is 24.3 Å². The molecule has 128 valence electrons. The molecule has 0 aromatic heterocycles. The first kappa shape index (κ1) is 15.6. The molecule has 0 radical (unpaired) electrons. The predicted molar refractivity (Wildman–Crippen MR) is 86.0 cm³/mol. The fourth-order valence-electron chi connectivity index (χ4n) is 4.85. The number of rotatable bonds is 2. The lowest BCUT2D eigenvalue weighted by atomic mass is 9.84. The topological polar surface area (TPSA) is 49.9 Å². The van der Waals surface area contributed by atoms with Gasteiger partial charge in [0.05, 0.1) is 12.5 Å². The van der Waals surface area contributed by atoms with E-state index >= 15 is 0 Å². The van der Waals surface area contributed by atoms with E-state index in [0.717, 1.165) is 25.1 Å². The average Bonchev–Trinajstić information content (AvgIpc) is 3.19. The summed E-state index contributed by atoms with van der Waals surface area (Å²) in [5.41, 5.74) is 0.496. The van der Waals surface area contributed by atoms with Crippen LogP contribution in [0.4, 0.5) is 10.1 Å². The van der Waals surface area contributed by atoms with Crippen LogP contribution in [0, 0.1) is 11.7 Å². The third-order valence-corrected chi connectivity index (χ3v) is 5.78. The van der Waals surface area contributed by atoms with Gasteiger partial charge in [0.1, 0.15) is 11.4 Å². The van der Waals surface area contributed by atoms with Crippen LogP contribution in [0.2, 0.25) is 0 Å². The number of ether oxygens (including phenoxy) is 1. The van der Waals surface area contributed by atoms with E-state index in [9.17, 15) is 14.0 Å². The molecule has 1 aromatic carbocycles. The molecule has 6 heteroatoms. The van der Waals surface area contributed by atoms with E-state index in [0.29, 0.717) is 18.6 Å². The molecule has 3 aliphatic rings. The van der Waals surface area contributed by atoms with Crippen molar-refractivity contribution < 1.29 is 18.7 Å². The van der Waals surface area contributed by atoms with Crippen molar-refractivity contribution in [2.75, 3.05) is 25.1 Å². The van der Waals surface area contributed by atoms with Crippen molar-refractivity contribution >= 4 is 17.6 Å². The second-order valence-corrected chi connectivity index (χ2v) is 6.85. The maximum absolute atomic E-state index is 13.9. The van der Waals surface area contributed by atoms with E-state index in [4.69, 9.17) is 4.74 Å². The number of amides is 1. The van der Waals surface area contributed by atoms with E-state index in [1.54, 1.807) is 24.9 Å². The number of benzene rings is 1. The molecule has 3 aliphatic heterocycles. The predicted octanol–water partition coefficient (Wildman–Crippen LogP) is 2.04. The van der Waals surface area contributed by atoms with Crippen LogP contribution in [0.3, 0.4) is 0 Å². The van der Waals surface area contributed by atoms with Crippen LogP contribution in [0.1, 0.15) is 31.7 Å². The smallest absolute Gasteiger partial charge is 0.310 e. The van der Waals surface area contributed by atoms with E-state index in [-0.39, 0.29) is 29.7 Å². The summed E-state index contributed by atoms with van der Waals surface area (Å²) in [5, 5.41) is 0. The van der Waals surface area contributed by atoms with Crippen molar-refractivity contribution in [2.45, 2.75) is 37.8 Å². The average molecular weight is 332 g/mol. The minimum Gasteiger partial charge on any atom is -0.466 e. The number of nitrogens with zero attached hydrogens (tertiary/aromatic N) is 2. The lowest BCUT2D eigenvalue weighted by Crippen LogP contribution is -2.49. The number of likely N-dealkylation sites (N-methyl/N-ethyl adjacent to an activating group) is 1. The normalized spacial score (nSPS) is 31.6. The monoisotopic (exact) mass is 332 g/mol. The van der Waals surface area contributed by atoms with Crippen LogP contribution >= 0.6 is 0 Å². The minimum atomic E-state index is -0.926. The summed E-state index contributed by atoms with van der Waals surface area (Å²) in [6.07, 6.45) is 2.17. The standard InChI is InChI=1S/C18H21FN2O3/c1-3-24-16(22)12-10-18(21-8-4-5-14(12)21)13-9-11(19)6-7-15(13)20(2)17(18)23/h6-7,9,12,14H,3-5,8,10H2,1-2H3/t12-,14+,18+/m1/s1. The second-order valence-electron chi connectivity index (χ2n) is 6.85. The van der Waals surface area contributed by atoms with Gasteiger partial charge in [0.15, 0.2) is 0 Å². The maximum Gasteiger partial charge on any atom is 0.310 e. The highest BCUT2D eigenvalue weighted by Gasteiger charge is 2.64. The van der Waals surface area contributed by atoms with Gasteiger partial charge in [-0.05, 0) is 50.9 Å². The Bertz CT molecular complexity index is 722. The van der Waals surface area contributed by atoms with Gasteiger partial charge in [-0.15, -0.1) is 0 Å². The summed E-state index contributed by atoms with van der Waals surface area (Å²) in [7, 11) is 1.72. The third kappa shape index (κ3) is 1.83. The van der Waals surface area contributed by atoms with Gasteiger partial charge in [0.2, 0.25) is 0 Å². The van der Waals surface area contributed by atoms with Crippen molar-refractivity contribution in [1.29, 1.82) is 0 Å². The summed E-state index contributed by atoms with van der Waals surface area (Å²) in [4.78, 5) is 29.3. The van der Waals surface area contributed by atoms with Gasteiger partial charge in [-0.25, -0.2) is 4.39 Å². The Morgan fingerprint density at radius 3 is 3.00 bits per heavy atom. The fraction of sp³-hybridized carbons (Fsp3) is 0.556. The summed E-state index contributed by atoms with van der Waals surface area (Å²) in [6, 6.07) is 4.48. The van der Waals surface area contributed by atoms with Crippen molar-refractivity contribution in [3.63, 3.8) is 0 Å². The molecule has 2 fully saturated rings. The van der Waals surface area contributed by atoms with Crippen molar-refractivity contribution in [3.05, 3.63) is 29.6 Å². The molecule has 0 unspecified atom stereocenters. The number of esters is 1. The molecule has 1 amide bonds. The number of fused-ring (bicyclic) bond motifs is 4. The Morgan fingerprint density at radius 1 is 1.46 bits per heavy atom. The number of anilines is 1. The second kappa shape index (κ2) is 5.28. The summed E-state index contributed by atoms with van der Waals surface area (Å²) in [6.45, 7) is 2.86. The number of carbonyl (C=O) groups excluding carboxylic acids is 2. The van der Waals surface area contributed by atoms with E-state index in [1.165, 1.54) is 12.1 Å². The Morgan fingerprint density at radius 2 is 2.25 bits per heavy atom. The van der Waals surface area contributed by atoms with Crippen LogP contribution in [0.5, 0.6) is 0 Å². The zero-order valence-electron chi connectivity index (χ0n) is 13.9. The first-order chi connectivity index (χ1) is 11.5. The first-order valence-corrected chi connectivity index (χ1v) is 8.52. The zero-order chi connectivity index (χ0) is 17.1. The first-order valence-electron chi connectivity index (χ1n) is 8.52. The molecule has 0 saturated carbocycles. The number of hydrogen-bond acceptors (Lipinski definition) is 4. The van der Waals surface area contributed by atoms with Crippen LogP contribution in [-0.2, 0) is 19.9 Å². The quantitative estimate of drug-likeness (QED) is 0.778. The Hall–Kier alpha value is -1.95. The summed E-state index contributed by atoms with van der Waals surface area (Å²) in [5.74, 6) is -1.00. The van der Waals surface area contributed by atoms with Crippen molar-refractivity contribution in [1.82, 2.24) is 4.90 Å². The molecular weight excluding hydrogens is 311 g/mol. The Kier molecular flexibility index (Phi) is 3.42. The molecule has 0 N–H and O–H groups in total. The molecular formula is C18H21FN2O3. The summed E-state index contributed by atoms with van der Waals surface area (Å²) >= 11 is 0. The van der Waals surface area contributed by atoms with Crippen molar-refractivity contribution in [3.8, 4) is 0 Å². The van der Waals surface area contributed by atoms with Crippen LogP contribution in [0.25, 0.3) is 0 Å². The molecule has 1 spiro atoms. The van der Waals surface area contributed by atoms with E-state index in [2.05, 4.69) is 4.90 Å². The summed E-state index contributed by atoms with van der Waals surface area (Å²) < 4.78 is 19.2. The lowest BCUT2D eigenvalue weighted by Gasteiger charge is -2.33. The van der Waals surface area contributed by atoms with Crippen LogP contribution in [-0.4, -0.2) is 43.0 Å². The lowest BCUT2D eigenvalue weighted by molar-refractivity contribution is -0.148. The highest BCUT2D eigenvalue weighted by Crippen LogP contribution is 2.55. The van der Waals surface area contributed by atoms with Gasteiger partial charge >= 0.3 is 5.97 Å². The number of hydrogen-bond donors (Lipinski definition) is 0. The Labute approximate surface area is 140 Å². The van der Waals surface area contributed by atoms with Gasteiger partial charge in [-0.2, -0.15) is 0 Å². The third-order valence-electron chi connectivity index (χ3n) is 5.78. The van der Waals surface area contributed by atoms with Gasteiger partial charge in [0.25, 0.3) is 5.91 Å². The molecule has 2 saturated heterocycles. The molecule has 5 nitrogen and oxygen atoms in total. The largest absolute Gasteiger partial charge is 0.466 e. The van der Waals surface area contributed by atoms with E-state index in [1.807, 2.05) is 0 Å². The zero-order valence-corrected chi connectivity index (χ0v) is 13.9. The molecule has 0 bridgehead atoms. The van der Waals surface area contributed by atoms with Gasteiger partial charge in [-0.1, -0.05) is 0 Å². The van der Waals surface area contributed by atoms with Crippen molar-refractivity contribution in [2.24, 2.45) is 5.92 Å². The molecule has 24 heavy (non-hydrogen) atoms. The van der Waals surface area contributed by atoms with Gasteiger partial charge in [-0.3, -0.25) is 14.5 Å². The van der Waals surface area contributed by atoms with E-state index < -0.39 is 5.54 Å². The Balaban J connectivity index is 1.84. The number of carbonyl (C=O) groups is 2. The minimum absolute atomic E-state index is 0.00406. The van der Waals surface area contributed by atoms with Crippen LogP contribution in [0.15, 0.2) is 18.2 Å². The molecule has 1 aromatic rings. The molecule has 4 rings (SSSR count).